The predicted molar refractivity (Wildman–Crippen MR) is 83.8 cm³/mol. The van der Waals surface area contributed by atoms with Gasteiger partial charge in [0.15, 0.2) is 0 Å². The molecule has 0 fully saturated rings. The zero-order valence-electron chi connectivity index (χ0n) is 11.8. The van der Waals surface area contributed by atoms with Crippen LogP contribution in [-0.2, 0) is 0 Å². The van der Waals surface area contributed by atoms with Gasteiger partial charge in [0.05, 0.1) is 7.11 Å². The number of nitrogens with one attached hydrogen (secondary N) is 2. The molecule has 1 aromatic heterocycles. The quantitative estimate of drug-likeness (QED) is 0.655. The van der Waals surface area contributed by atoms with Crippen LogP contribution in [0.15, 0.2) is 36.4 Å². The lowest BCUT2D eigenvalue weighted by molar-refractivity contribution is 0.340. The molecule has 0 saturated heterocycles. The van der Waals surface area contributed by atoms with Gasteiger partial charge < -0.3 is 14.8 Å². The number of benzene rings is 1. The zero-order valence-corrected chi connectivity index (χ0v) is 12.6. The van der Waals surface area contributed by atoms with Crippen molar-refractivity contribution in [2.75, 3.05) is 19.0 Å². The van der Waals surface area contributed by atoms with Gasteiger partial charge in [-0.25, -0.2) is 0 Å². The van der Waals surface area contributed by atoms with Crippen molar-refractivity contribution in [2.24, 2.45) is 0 Å². The van der Waals surface area contributed by atoms with Gasteiger partial charge in [0.25, 0.3) is 0 Å². The molecular formula is C15H16ClN3O2. The monoisotopic (exact) mass is 305 g/mol. The Hall–Kier alpha value is -2.27. The van der Waals surface area contributed by atoms with Gasteiger partial charge in [-0.1, -0.05) is 11.6 Å². The molecule has 2 aromatic rings. The summed E-state index contributed by atoms with van der Waals surface area (Å²) in [6.45, 7) is 1.97. The molecular weight excluding hydrogens is 290 g/mol. The molecule has 0 bridgehead atoms. The van der Waals surface area contributed by atoms with Gasteiger partial charge in [-0.2, -0.15) is 4.98 Å². The fraction of sp³-hybridized carbons (Fsp3) is 0.200. The molecule has 0 spiro atoms. The summed E-state index contributed by atoms with van der Waals surface area (Å²) in [5.41, 5.74) is 1.67. The zero-order chi connectivity index (χ0) is 15.2. The van der Waals surface area contributed by atoms with Crippen LogP contribution in [0.5, 0.6) is 11.8 Å². The number of hydrogen-bond donors (Lipinski definition) is 2. The van der Waals surface area contributed by atoms with Crippen LogP contribution in [0.2, 0.25) is 5.02 Å². The molecule has 110 valence electrons. The van der Waals surface area contributed by atoms with Crippen LogP contribution >= 0.6 is 11.6 Å². The van der Waals surface area contributed by atoms with Gasteiger partial charge >= 0.3 is 0 Å². The first-order valence-corrected chi connectivity index (χ1v) is 6.70. The minimum absolute atomic E-state index is 0.0869. The fourth-order valence-corrected chi connectivity index (χ4v) is 1.76. The Labute approximate surface area is 128 Å². The first-order chi connectivity index (χ1) is 10.1. The van der Waals surface area contributed by atoms with E-state index in [1.165, 1.54) is 0 Å². The molecule has 0 aliphatic carbocycles. The predicted octanol–water partition coefficient (Wildman–Crippen LogP) is 3.52. The second kappa shape index (κ2) is 6.95. The van der Waals surface area contributed by atoms with Gasteiger partial charge in [-0.05, 0) is 37.3 Å². The van der Waals surface area contributed by atoms with Gasteiger partial charge in [0.1, 0.15) is 12.4 Å². The van der Waals surface area contributed by atoms with Crippen molar-refractivity contribution >= 4 is 23.1 Å². The van der Waals surface area contributed by atoms with Crippen LogP contribution in [0.3, 0.4) is 0 Å². The molecule has 0 aliphatic heterocycles. The lowest BCUT2D eigenvalue weighted by Crippen LogP contribution is -2.20. The maximum absolute atomic E-state index is 7.87. The standard InChI is InChI=1S/C15H16ClN3O2/c1-10-3-8-14(20-2)19-15(10)21-9-13(17)18-12-6-4-11(16)5-7-12/h3-8H,9H2,1-2H3,(H2,17,18). The van der Waals surface area contributed by atoms with Crippen molar-refractivity contribution in [3.8, 4) is 11.8 Å². The highest BCUT2D eigenvalue weighted by Crippen LogP contribution is 2.19. The SMILES string of the molecule is COc1ccc(C)c(OCC(=N)Nc2ccc(Cl)cc2)n1. The van der Waals surface area contributed by atoms with Crippen LogP contribution < -0.4 is 14.8 Å². The van der Waals surface area contributed by atoms with E-state index in [1.807, 2.05) is 13.0 Å². The summed E-state index contributed by atoms with van der Waals surface area (Å²) in [5, 5.41) is 11.5. The Balaban J connectivity index is 1.93. The van der Waals surface area contributed by atoms with Gasteiger partial charge in [-0.3, -0.25) is 5.41 Å². The number of rotatable bonds is 5. The molecule has 21 heavy (non-hydrogen) atoms. The van der Waals surface area contributed by atoms with Crippen molar-refractivity contribution in [3.63, 3.8) is 0 Å². The largest absolute Gasteiger partial charge is 0.481 e. The van der Waals surface area contributed by atoms with E-state index in [4.69, 9.17) is 26.5 Å². The molecule has 2 N–H and O–H groups in total. The lowest BCUT2D eigenvalue weighted by atomic mass is 10.3. The molecule has 0 radical (unpaired) electrons. The summed E-state index contributed by atoms with van der Waals surface area (Å²) >= 11 is 5.81. The number of amidine groups is 1. The number of anilines is 1. The van der Waals surface area contributed by atoms with Crippen LogP contribution in [0.4, 0.5) is 5.69 Å². The van der Waals surface area contributed by atoms with E-state index >= 15 is 0 Å². The smallest absolute Gasteiger partial charge is 0.220 e. The minimum Gasteiger partial charge on any atom is -0.481 e. The molecule has 0 unspecified atom stereocenters. The van der Waals surface area contributed by atoms with E-state index in [0.717, 1.165) is 11.3 Å². The maximum Gasteiger partial charge on any atom is 0.220 e. The Kier molecular flexibility index (Phi) is 5.00. The molecule has 2 rings (SSSR count). The minimum atomic E-state index is 0.0869. The van der Waals surface area contributed by atoms with Crippen molar-refractivity contribution < 1.29 is 9.47 Å². The molecule has 0 amide bonds. The van der Waals surface area contributed by atoms with Gasteiger partial charge in [0.2, 0.25) is 11.8 Å². The van der Waals surface area contributed by atoms with E-state index in [9.17, 15) is 0 Å². The van der Waals surface area contributed by atoms with E-state index in [1.54, 1.807) is 37.4 Å². The highest BCUT2D eigenvalue weighted by molar-refractivity contribution is 6.30. The Morgan fingerprint density at radius 3 is 2.62 bits per heavy atom. The Morgan fingerprint density at radius 1 is 1.24 bits per heavy atom. The summed E-state index contributed by atoms with van der Waals surface area (Å²) in [5.74, 6) is 1.16. The number of aromatic nitrogens is 1. The molecule has 0 atom stereocenters. The third-order valence-corrected chi connectivity index (χ3v) is 2.98. The second-order valence-electron chi connectivity index (χ2n) is 4.37. The number of methoxy groups -OCH3 is 1. The summed E-state index contributed by atoms with van der Waals surface area (Å²) in [7, 11) is 1.55. The van der Waals surface area contributed by atoms with E-state index in [-0.39, 0.29) is 12.4 Å². The van der Waals surface area contributed by atoms with Crippen LogP contribution in [-0.4, -0.2) is 24.5 Å². The maximum atomic E-state index is 7.87. The van der Waals surface area contributed by atoms with Crippen molar-refractivity contribution in [2.45, 2.75) is 6.92 Å². The summed E-state index contributed by atoms with van der Waals surface area (Å²) in [6, 6.07) is 10.7. The molecule has 0 aliphatic rings. The van der Waals surface area contributed by atoms with Gasteiger partial charge in [0, 0.05) is 22.3 Å². The number of ether oxygens (including phenoxy) is 2. The van der Waals surface area contributed by atoms with E-state index < -0.39 is 0 Å². The molecule has 1 aromatic carbocycles. The van der Waals surface area contributed by atoms with Crippen LogP contribution in [0, 0.1) is 12.3 Å². The van der Waals surface area contributed by atoms with Crippen molar-refractivity contribution in [1.29, 1.82) is 5.41 Å². The highest BCUT2D eigenvalue weighted by atomic mass is 35.5. The summed E-state index contributed by atoms with van der Waals surface area (Å²) < 4.78 is 10.6. The topological polar surface area (TPSA) is 67.2 Å². The number of pyridine rings is 1. The molecule has 1 heterocycles. The van der Waals surface area contributed by atoms with Gasteiger partial charge in [-0.15, -0.1) is 0 Å². The molecule has 6 heteroatoms. The molecule has 0 saturated carbocycles. The summed E-state index contributed by atoms with van der Waals surface area (Å²) in [4.78, 5) is 4.20. The van der Waals surface area contributed by atoms with Crippen molar-refractivity contribution in [3.05, 3.63) is 47.0 Å². The van der Waals surface area contributed by atoms with E-state index in [0.29, 0.717) is 16.8 Å². The molecule has 5 nitrogen and oxygen atoms in total. The van der Waals surface area contributed by atoms with Crippen LogP contribution in [0.25, 0.3) is 0 Å². The summed E-state index contributed by atoms with van der Waals surface area (Å²) in [6.07, 6.45) is 0. The third kappa shape index (κ3) is 4.36. The Morgan fingerprint density at radius 2 is 1.95 bits per heavy atom. The van der Waals surface area contributed by atoms with Crippen molar-refractivity contribution in [1.82, 2.24) is 4.98 Å². The van der Waals surface area contributed by atoms with E-state index in [2.05, 4.69) is 10.3 Å². The normalized spacial score (nSPS) is 10.0. The number of nitrogens with zero attached hydrogens (tertiary/aromatic N) is 1. The first-order valence-electron chi connectivity index (χ1n) is 6.33. The number of aryl methyl sites for hydroxylation is 1. The Bertz CT molecular complexity index is 629. The number of halogens is 1. The fourth-order valence-electron chi connectivity index (χ4n) is 1.64. The average molecular weight is 306 g/mol. The average Bonchev–Trinajstić information content (AvgIpc) is 2.49. The first kappa shape index (κ1) is 15.1. The number of hydrogen-bond acceptors (Lipinski definition) is 4. The van der Waals surface area contributed by atoms with Crippen LogP contribution in [0.1, 0.15) is 5.56 Å². The highest BCUT2D eigenvalue weighted by Gasteiger charge is 2.06. The lowest BCUT2D eigenvalue weighted by Gasteiger charge is -2.11. The third-order valence-electron chi connectivity index (χ3n) is 2.73. The second-order valence-corrected chi connectivity index (χ2v) is 4.81.